The van der Waals surface area contributed by atoms with Gasteiger partial charge in [0.2, 0.25) is 0 Å². The molecule has 1 saturated carbocycles. The zero-order chi connectivity index (χ0) is 16.4. The highest BCUT2D eigenvalue weighted by Gasteiger charge is 2.29. The second-order valence-corrected chi connectivity index (χ2v) is 7.15. The van der Waals surface area contributed by atoms with Gasteiger partial charge in [-0.2, -0.15) is 4.99 Å². The zero-order valence-corrected chi connectivity index (χ0v) is 14.3. The van der Waals surface area contributed by atoms with E-state index in [1.807, 2.05) is 12.2 Å². The highest BCUT2D eigenvalue weighted by Crippen LogP contribution is 2.27. The van der Waals surface area contributed by atoms with Crippen molar-refractivity contribution in [2.45, 2.75) is 52.6 Å². The van der Waals surface area contributed by atoms with E-state index >= 15 is 0 Å². The van der Waals surface area contributed by atoms with Crippen molar-refractivity contribution in [3.05, 3.63) is 23.8 Å². The van der Waals surface area contributed by atoms with Gasteiger partial charge in [0.15, 0.2) is 5.84 Å². The summed E-state index contributed by atoms with van der Waals surface area (Å²) in [5.41, 5.74) is 1.97. The van der Waals surface area contributed by atoms with Crippen LogP contribution in [0.3, 0.4) is 0 Å². The van der Waals surface area contributed by atoms with E-state index in [2.05, 4.69) is 36.8 Å². The summed E-state index contributed by atoms with van der Waals surface area (Å²) in [7, 11) is 0. The summed E-state index contributed by atoms with van der Waals surface area (Å²) in [6.07, 6.45) is 11.1. The van der Waals surface area contributed by atoms with E-state index in [4.69, 9.17) is 4.74 Å². The van der Waals surface area contributed by atoms with Crippen LogP contribution in [0.4, 0.5) is 0 Å². The third kappa shape index (κ3) is 3.69. The van der Waals surface area contributed by atoms with Gasteiger partial charge in [0.05, 0.1) is 11.8 Å². The Bertz CT molecular complexity index is 598. The minimum atomic E-state index is -0.310. The van der Waals surface area contributed by atoms with Crippen molar-refractivity contribution in [1.82, 2.24) is 0 Å². The number of carbonyl (C=O) groups is 1. The van der Waals surface area contributed by atoms with Gasteiger partial charge in [-0.25, -0.2) is 4.99 Å². The van der Waals surface area contributed by atoms with Crippen LogP contribution in [-0.4, -0.2) is 30.2 Å². The molecule has 3 unspecified atom stereocenters. The molecule has 3 aliphatic rings. The Morgan fingerprint density at radius 2 is 2.00 bits per heavy atom. The fourth-order valence-corrected chi connectivity index (χ4v) is 3.45. The number of hydrogen-bond donors (Lipinski definition) is 0. The Morgan fingerprint density at radius 3 is 2.74 bits per heavy atom. The van der Waals surface area contributed by atoms with Gasteiger partial charge in [-0.1, -0.05) is 45.8 Å². The third-order valence-electron chi connectivity index (χ3n) is 5.01. The van der Waals surface area contributed by atoms with Crippen molar-refractivity contribution in [1.29, 1.82) is 0 Å². The number of amides is 1. The van der Waals surface area contributed by atoms with Gasteiger partial charge in [0, 0.05) is 0 Å². The predicted octanol–water partition coefficient (Wildman–Crippen LogP) is 3.73. The third-order valence-corrected chi connectivity index (χ3v) is 5.01. The summed E-state index contributed by atoms with van der Waals surface area (Å²) in [5, 5.41) is 0. The molecule has 124 valence electrons. The molecule has 0 aromatic rings. The molecule has 2 aliphatic carbocycles. The largest absolute Gasteiger partial charge is 0.370 e. The van der Waals surface area contributed by atoms with E-state index in [-0.39, 0.29) is 17.9 Å². The smallest absolute Gasteiger partial charge is 0.260 e. The van der Waals surface area contributed by atoms with E-state index < -0.39 is 0 Å². The fraction of sp³-hybridized carbons (Fsp3) is 0.632. The standard InChI is InChI=1S/C19H26N2O2/c1-12(2)14-8-9-16-15(10-14)19(22)21-18(20-16)11-23-17-7-5-4-6-13(17)3/h8-10,12-13,15,17H,4-7,11H2,1-3H3. The predicted molar refractivity (Wildman–Crippen MR) is 92.8 cm³/mol. The van der Waals surface area contributed by atoms with E-state index in [1.54, 1.807) is 0 Å². The zero-order valence-electron chi connectivity index (χ0n) is 14.3. The molecule has 0 bridgehead atoms. The molecule has 3 atom stereocenters. The molecule has 23 heavy (non-hydrogen) atoms. The number of amidine groups is 1. The van der Waals surface area contributed by atoms with Crippen LogP contribution >= 0.6 is 0 Å². The van der Waals surface area contributed by atoms with Crippen LogP contribution in [0.2, 0.25) is 0 Å². The minimum absolute atomic E-state index is 0.118. The molecule has 0 aromatic carbocycles. The Hall–Kier alpha value is -1.55. The Balaban J connectivity index is 1.65. The summed E-state index contributed by atoms with van der Waals surface area (Å²) in [5.74, 6) is 1.07. The molecule has 4 heteroatoms. The lowest BCUT2D eigenvalue weighted by Gasteiger charge is -2.29. The maximum Gasteiger partial charge on any atom is 0.260 e. The van der Waals surface area contributed by atoms with Gasteiger partial charge in [0.1, 0.15) is 12.5 Å². The molecule has 0 spiro atoms. The normalized spacial score (nSPS) is 30.7. The average Bonchev–Trinajstić information content (AvgIpc) is 2.54. The first-order valence-corrected chi connectivity index (χ1v) is 8.76. The van der Waals surface area contributed by atoms with Crippen molar-refractivity contribution in [3.63, 3.8) is 0 Å². The Morgan fingerprint density at radius 1 is 1.22 bits per heavy atom. The van der Waals surface area contributed by atoms with Gasteiger partial charge in [0.25, 0.3) is 5.91 Å². The molecule has 1 aliphatic heterocycles. The van der Waals surface area contributed by atoms with Crippen LogP contribution in [-0.2, 0) is 9.53 Å². The van der Waals surface area contributed by atoms with Crippen molar-refractivity contribution < 1.29 is 9.53 Å². The molecular weight excluding hydrogens is 288 g/mol. The second kappa shape index (κ2) is 6.91. The first-order valence-electron chi connectivity index (χ1n) is 8.76. The highest BCUT2D eigenvalue weighted by molar-refractivity contribution is 6.21. The maximum absolute atomic E-state index is 12.3. The number of carbonyl (C=O) groups excluding carboxylic acids is 1. The molecule has 0 radical (unpaired) electrons. The van der Waals surface area contributed by atoms with Gasteiger partial charge in [-0.05, 0) is 36.3 Å². The SMILES string of the molecule is CC(C)C1=CC2C(=O)N=C(COC3CCCCC3C)N=C2C=C1. The van der Waals surface area contributed by atoms with Crippen LogP contribution < -0.4 is 0 Å². The maximum atomic E-state index is 12.3. The summed E-state index contributed by atoms with van der Waals surface area (Å²) in [6.45, 7) is 6.83. The number of ether oxygens (including phenoxy) is 1. The number of hydrogen-bond acceptors (Lipinski definition) is 3. The molecule has 3 rings (SSSR count). The fourth-order valence-electron chi connectivity index (χ4n) is 3.45. The van der Waals surface area contributed by atoms with E-state index in [0.717, 1.165) is 12.1 Å². The van der Waals surface area contributed by atoms with Crippen molar-refractivity contribution in [2.75, 3.05) is 6.61 Å². The van der Waals surface area contributed by atoms with E-state index in [0.29, 0.717) is 24.3 Å². The number of allylic oxidation sites excluding steroid dienone is 3. The summed E-state index contributed by atoms with van der Waals surface area (Å²) >= 11 is 0. The lowest BCUT2D eigenvalue weighted by atomic mass is 9.88. The van der Waals surface area contributed by atoms with Gasteiger partial charge < -0.3 is 4.74 Å². The van der Waals surface area contributed by atoms with Crippen LogP contribution in [0.1, 0.15) is 46.5 Å². The Labute approximate surface area is 138 Å². The summed E-state index contributed by atoms with van der Waals surface area (Å²) in [6, 6.07) is 0. The molecule has 1 fully saturated rings. The van der Waals surface area contributed by atoms with E-state index in [1.165, 1.54) is 24.8 Å². The summed E-state index contributed by atoms with van der Waals surface area (Å²) in [4.78, 5) is 21.0. The number of fused-ring (bicyclic) bond motifs is 1. The van der Waals surface area contributed by atoms with Gasteiger partial charge in [-0.15, -0.1) is 0 Å². The lowest BCUT2D eigenvalue weighted by Crippen LogP contribution is -2.32. The van der Waals surface area contributed by atoms with Crippen molar-refractivity contribution in [3.8, 4) is 0 Å². The first kappa shape index (κ1) is 16.3. The molecule has 0 saturated heterocycles. The van der Waals surface area contributed by atoms with Crippen LogP contribution in [0, 0.1) is 17.8 Å². The minimum Gasteiger partial charge on any atom is -0.370 e. The first-order chi connectivity index (χ1) is 11.0. The number of aliphatic imine (C=N–C) groups is 2. The number of rotatable bonds is 4. The van der Waals surface area contributed by atoms with Gasteiger partial charge >= 0.3 is 0 Å². The molecule has 1 amide bonds. The average molecular weight is 314 g/mol. The lowest BCUT2D eigenvalue weighted by molar-refractivity contribution is -0.118. The van der Waals surface area contributed by atoms with Crippen LogP contribution in [0.15, 0.2) is 33.8 Å². The monoisotopic (exact) mass is 314 g/mol. The molecule has 0 N–H and O–H groups in total. The molecule has 0 aromatic heterocycles. The van der Waals surface area contributed by atoms with Crippen molar-refractivity contribution in [2.24, 2.45) is 27.7 Å². The van der Waals surface area contributed by atoms with Crippen LogP contribution in [0.25, 0.3) is 0 Å². The molecular formula is C19H26N2O2. The molecule has 1 heterocycles. The topological polar surface area (TPSA) is 51.0 Å². The Kier molecular flexibility index (Phi) is 4.90. The summed E-state index contributed by atoms with van der Waals surface area (Å²) < 4.78 is 5.99. The molecule has 4 nitrogen and oxygen atoms in total. The quantitative estimate of drug-likeness (QED) is 0.794. The highest BCUT2D eigenvalue weighted by atomic mass is 16.5. The number of nitrogens with zero attached hydrogens (tertiary/aromatic N) is 2. The van der Waals surface area contributed by atoms with Gasteiger partial charge in [-0.3, -0.25) is 4.79 Å². The van der Waals surface area contributed by atoms with Crippen LogP contribution in [0.5, 0.6) is 0 Å². The second-order valence-electron chi connectivity index (χ2n) is 7.15. The van der Waals surface area contributed by atoms with E-state index in [9.17, 15) is 4.79 Å². The van der Waals surface area contributed by atoms with Crippen molar-refractivity contribution >= 4 is 17.5 Å².